The molecule has 1 heterocycles. The minimum absolute atomic E-state index is 0.0293. The van der Waals surface area contributed by atoms with E-state index >= 15 is 0 Å². The van der Waals surface area contributed by atoms with Crippen molar-refractivity contribution in [1.82, 2.24) is 5.32 Å². The van der Waals surface area contributed by atoms with Crippen molar-refractivity contribution in [2.24, 2.45) is 0 Å². The number of carbonyl (C=O) groups is 2. The molecule has 3 rings (SSSR count). The number of phenols is 1. The lowest BCUT2D eigenvalue weighted by Gasteiger charge is -2.18. The van der Waals surface area contributed by atoms with E-state index in [1.165, 1.54) is 56.0 Å². The molecule has 12 heteroatoms. The zero-order valence-electron chi connectivity index (χ0n) is 18.4. The number of sulfonamides is 1. The lowest BCUT2D eigenvalue weighted by Crippen LogP contribution is -2.33. The van der Waals surface area contributed by atoms with Gasteiger partial charge in [-0.05, 0) is 36.8 Å². The average molecular weight is 480 g/mol. The molecule has 2 aromatic rings. The first-order valence-corrected chi connectivity index (χ1v) is 11.5. The van der Waals surface area contributed by atoms with E-state index in [1.807, 2.05) is 0 Å². The Kier molecular flexibility index (Phi) is 7.16. The van der Waals surface area contributed by atoms with Crippen LogP contribution in [0.25, 0.3) is 0 Å². The quantitative estimate of drug-likeness (QED) is 0.481. The number of hydrogen-bond acceptors (Lipinski definition) is 8. The van der Waals surface area contributed by atoms with Gasteiger partial charge >= 0.3 is 0 Å². The van der Waals surface area contributed by atoms with Crippen molar-refractivity contribution >= 4 is 33.2 Å². The molecule has 0 bridgehead atoms. The molecule has 178 valence electrons. The molecule has 0 aromatic heterocycles. The molecule has 1 saturated heterocycles. The fourth-order valence-corrected chi connectivity index (χ4v) is 4.93. The molecule has 1 aliphatic heterocycles. The molecule has 0 atom stereocenters. The Bertz CT molecular complexity index is 1140. The van der Waals surface area contributed by atoms with Crippen LogP contribution in [0.1, 0.15) is 16.8 Å². The third-order valence-electron chi connectivity index (χ3n) is 4.98. The topological polar surface area (TPSA) is 143 Å². The van der Waals surface area contributed by atoms with Crippen molar-refractivity contribution in [3.05, 3.63) is 35.9 Å². The molecule has 3 N–H and O–H groups in total. The van der Waals surface area contributed by atoms with Gasteiger partial charge in [0.25, 0.3) is 5.91 Å². The van der Waals surface area contributed by atoms with E-state index in [1.54, 1.807) is 0 Å². The van der Waals surface area contributed by atoms with Crippen molar-refractivity contribution in [3.63, 3.8) is 0 Å². The van der Waals surface area contributed by atoms with Crippen molar-refractivity contribution in [2.45, 2.75) is 6.42 Å². The largest absolute Gasteiger partial charge is 0.506 e. The molecular formula is C21H25N3O8S. The molecule has 0 unspecified atom stereocenters. The van der Waals surface area contributed by atoms with Gasteiger partial charge in [0.1, 0.15) is 5.75 Å². The maximum atomic E-state index is 12.5. The Morgan fingerprint density at radius 1 is 1.06 bits per heavy atom. The Balaban J connectivity index is 1.69. The molecule has 0 spiro atoms. The summed E-state index contributed by atoms with van der Waals surface area (Å²) in [5.41, 5.74) is 0.546. The van der Waals surface area contributed by atoms with E-state index in [0.29, 0.717) is 24.4 Å². The molecule has 1 aliphatic rings. The Hall–Kier alpha value is -3.67. The first kappa shape index (κ1) is 24.0. The summed E-state index contributed by atoms with van der Waals surface area (Å²) in [5.74, 6) is -0.486. The lowest BCUT2D eigenvalue weighted by atomic mass is 10.1. The summed E-state index contributed by atoms with van der Waals surface area (Å²) < 4.78 is 41.1. The second kappa shape index (κ2) is 9.86. The van der Waals surface area contributed by atoms with Crippen molar-refractivity contribution < 1.29 is 37.3 Å². The number of nitrogens with one attached hydrogen (secondary N) is 2. The van der Waals surface area contributed by atoms with Crippen LogP contribution in [0.2, 0.25) is 0 Å². The van der Waals surface area contributed by atoms with Crippen LogP contribution in [0.4, 0.5) is 11.4 Å². The van der Waals surface area contributed by atoms with Gasteiger partial charge in [-0.2, -0.15) is 0 Å². The van der Waals surface area contributed by atoms with Crippen molar-refractivity contribution in [3.8, 4) is 23.0 Å². The van der Waals surface area contributed by atoms with Gasteiger partial charge in [0.15, 0.2) is 11.5 Å². The molecule has 2 amide bonds. The number of amides is 2. The van der Waals surface area contributed by atoms with E-state index < -0.39 is 28.4 Å². The van der Waals surface area contributed by atoms with Crippen LogP contribution in [0.3, 0.4) is 0 Å². The second-order valence-corrected chi connectivity index (χ2v) is 9.10. The zero-order chi connectivity index (χ0) is 24.2. The third kappa shape index (κ3) is 5.22. The summed E-state index contributed by atoms with van der Waals surface area (Å²) in [7, 11) is 0.858. The van der Waals surface area contributed by atoms with Gasteiger partial charge in [-0.25, -0.2) is 8.42 Å². The number of methoxy groups -OCH3 is 3. The van der Waals surface area contributed by atoms with E-state index in [2.05, 4.69) is 10.6 Å². The minimum atomic E-state index is -3.41. The highest BCUT2D eigenvalue weighted by Crippen LogP contribution is 2.38. The molecule has 0 radical (unpaired) electrons. The maximum Gasteiger partial charge on any atom is 0.251 e. The fraction of sp³-hybridized carbons (Fsp3) is 0.333. The Morgan fingerprint density at radius 3 is 2.27 bits per heavy atom. The maximum absolute atomic E-state index is 12.5. The highest BCUT2D eigenvalue weighted by atomic mass is 32.2. The van der Waals surface area contributed by atoms with E-state index in [9.17, 15) is 23.1 Å². The van der Waals surface area contributed by atoms with Gasteiger partial charge in [0, 0.05) is 12.1 Å². The van der Waals surface area contributed by atoms with Crippen molar-refractivity contribution in [2.75, 3.05) is 49.8 Å². The van der Waals surface area contributed by atoms with Crippen LogP contribution >= 0.6 is 0 Å². The number of phenolic OH excluding ortho intramolecular Hbond substituents is 1. The van der Waals surface area contributed by atoms with Crippen LogP contribution in [-0.4, -0.2) is 65.5 Å². The normalized spacial score (nSPS) is 14.5. The fourth-order valence-electron chi connectivity index (χ4n) is 3.38. The number of hydrogen-bond donors (Lipinski definition) is 3. The SMILES string of the molecule is COc1cc(C(=O)NCC(=O)Nc2cc(N3CCCS3(=O)=O)ccc2O)cc(OC)c1OC. The van der Waals surface area contributed by atoms with E-state index in [-0.39, 0.29) is 34.3 Å². The van der Waals surface area contributed by atoms with Gasteiger partial charge in [0.05, 0.1) is 45.0 Å². The predicted molar refractivity (Wildman–Crippen MR) is 121 cm³/mol. The number of benzene rings is 2. The summed E-state index contributed by atoms with van der Waals surface area (Å²) in [5, 5.41) is 15.0. The van der Waals surface area contributed by atoms with Crippen LogP contribution in [0, 0.1) is 0 Å². The van der Waals surface area contributed by atoms with Gasteiger partial charge in [-0.15, -0.1) is 0 Å². The van der Waals surface area contributed by atoms with E-state index in [4.69, 9.17) is 14.2 Å². The van der Waals surface area contributed by atoms with Crippen LogP contribution < -0.4 is 29.1 Å². The van der Waals surface area contributed by atoms with Gasteiger partial charge in [-0.3, -0.25) is 13.9 Å². The highest BCUT2D eigenvalue weighted by molar-refractivity contribution is 7.93. The standard InChI is InChI=1S/C21H25N3O8S/c1-30-17-9-13(10-18(31-2)20(17)32-3)21(27)22-12-19(26)23-15-11-14(5-6-16(15)25)24-7-4-8-33(24,28)29/h5-6,9-11,25H,4,7-8,12H2,1-3H3,(H,22,27)(H,23,26). The molecule has 0 aliphatic carbocycles. The third-order valence-corrected chi connectivity index (χ3v) is 6.85. The molecule has 0 saturated carbocycles. The Labute approximate surface area is 191 Å². The zero-order valence-corrected chi connectivity index (χ0v) is 19.2. The summed E-state index contributed by atoms with van der Waals surface area (Å²) in [6.45, 7) is -0.0769. The van der Waals surface area contributed by atoms with Crippen LogP contribution in [0.15, 0.2) is 30.3 Å². The number of ether oxygens (including phenoxy) is 3. The molecule has 1 fully saturated rings. The summed E-state index contributed by atoms with van der Waals surface area (Å²) in [6.07, 6.45) is 0.498. The lowest BCUT2D eigenvalue weighted by molar-refractivity contribution is -0.115. The van der Waals surface area contributed by atoms with Gasteiger partial charge in [-0.1, -0.05) is 0 Å². The average Bonchev–Trinajstić information content (AvgIpc) is 3.16. The van der Waals surface area contributed by atoms with Crippen LogP contribution in [-0.2, 0) is 14.8 Å². The molecular weight excluding hydrogens is 454 g/mol. The van der Waals surface area contributed by atoms with Crippen molar-refractivity contribution in [1.29, 1.82) is 0 Å². The van der Waals surface area contributed by atoms with Gasteiger partial charge < -0.3 is 30.0 Å². The monoisotopic (exact) mass is 479 g/mol. The van der Waals surface area contributed by atoms with Crippen LogP contribution in [0.5, 0.6) is 23.0 Å². The number of anilines is 2. The molecule has 33 heavy (non-hydrogen) atoms. The highest BCUT2D eigenvalue weighted by Gasteiger charge is 2.29. The molecule has 11 nitrogen and oxygen atoms in total. The van der Waals surface area contributed by atoms with Gasteiger partial charge in [0.2, 0.25) is 21.7 Å². The summed E-state index contributed by atoms with van der Waals surface area (Å²) in [6, 6.07) is 7.02. The Morgan fingerprint density at radius 2 is 1.73 bits per heavy atom. The number of aromatic hydroxyl groups is 1. The predicted octanol–water partition coefficient (Wildman–Crippen LogP) is 1.33. The number of rotatable bonds is 8. The summed E-state index contributed by atoms with van der Waals surface area (Å²) in [4.78, 5) is 24.9. The molecule has 2 aromatic carbocycles. The number of carbonyl (C=O) groups excluding carboxylic acids is 2. The second-order valence-electron chi connectivity index (χ2n) is 7.09. The smallest absolute Gasteiger partial charge is 0.251 e. The summed E-state index contributed by atoms with van der Waals surface area (Å²) >= 11 is 0. The first-order valence-electron chi connectivity index (χ1n) is 9.91. The minimum Gasteiger partial charge on any atom is -0.506 e. The number of nitrogens with zero attached hydrogens (tertiary/aromatic N) is 1. The first-order chi connectivity index (χ1) is 15.7. The van der Waals surface area contributed by atoms with E-state index in [0.717, 1.165) is 0 Å².